The molecule has 0 aliphatic carbocycles. The average molecular weight is 397 g/mol. The van der Waals surface area contributed by atoms with E-state index in [9.17, 15) is 14.0 Å². The van der Waals surface area contributed by atoms with E-state index in [1.165, 1.54) is 12.1 Å². The number of piperazine rings is 1. The van der Waals surface area contributed by atoms with Crippen molar-refractivity contribution in [2.24, 2.45) is 5.92 Å². The molecule has 6 heteroatoms. The molecule has 0 saturated carbocycles. The Morgan fingerprint density at radius 1 is 1.00 bits per heavy atom. The van der Waals surface area contributed by atoms with Crippen LogP contribution in [0.15, 0.2) is 54.6 Å². The summed E-state index contributed by atoms with van der Waals surface area (Å²) in [5.74, 6) is -0.491. The molecule has 154 valence electrons. The van der Waals surface area contributed by atoms with Crippen molar-refractivity contribution in [1.82, 2.24) is 10.2 Å². The summed E-state index contributed by atoms with van der Waals surface area (Å²) in [6, 6.07) is 14.8. The molecule has 1 fully saturated rings. The minimum Gasteiger partial charge on any atom is -0.368 e. The quantitative estimate of drug-likeness (QED) is 0.814. The predicted molar refractivity (Wildman–Crippen MR) is 112 cm³/mol. The number of nitrogens with zero attached hydrogens (tertiary/aromatic N) is 2. The zero-order valence-electron chi connectivity index (χ0n) is 17.0. The Bertz CT molecular complexity index is 818. The number of hydrogen-bond donors (Lipinski definition) is 1. The van der Waals surface area contributed by atoms with Gasteiger partial charge in [-0.1, -0.05) is 38.5 Å². The number of halogens is 1. The number of carbonyl (C=O) groups excluding carboxylic acids is 2. The second-order valence-corrected chi connectivity index (χ2v) is 7.49. The molecule has 2 atom stereocenters. The van der Waals surface area contributed by atoms with E-state index in [2.05, 4.69) is 10.2 Å². The molecule has 1 aliphatic heterocycles. The lowest BCUT2D eigenvalue weighted by atomic mass is 9.97. The van der Waals surface area contributed by atoms with Gasteiger partial charge in [-0.2, -0.15) is 0 Å². The lowest BCUT2D eigenvalue weighted by Crippen LogP contribution is -2.56. The molecule has 1 N–H and O–H groups in total. The smallest absolute Gasteiger partial charge is 0.251 e. The van der Waals surface area contributed by atoms with Crippen LogP contribution in [0.4, 0.5) is 10.1 Å². The van der Waals surface area contributed by atoms with Crippen molar-refractivity contribution in [3.63, 3.8) is 0 Å². The van der Waals surface area contributed by atoms with E-state index in [0.29, 0.717) is 31.7 Å². The fourth-order valence-corrected chi connectivity index (χ4v) is 3.53. The summed E-state index contributed by atoms with van der Waals surface area (Å²) in [5, 5.41) is 2.94. The number of hydrogen-bond acceptors (Lipinski definition) is 3. The maximum absolute atomic E-state index is 13.2. The molecule has 0 unspecified atom stereocenters. The lowest BCUT2D eigenvalue weighted by Gasteiger charge is -2.38. The fourth-order valence-electron chi connectivity index (χ4n) is 3.53. The number of amides is 2. The topological polar surface area (TPSA) is 52.7 Å². The zero-order chi connectivity index (χ0) is 20.8. The van der Waals surface area contributed by atoms with E-state index < -0.39 is 6.04 Å². The van der Waals surface area contributed by atoms with Gasteiger partial charge in [0.2, 0.25) is 5.91 Å². The number of benzene rings is 2. The molecule has 3 rings (SSSR count). The molecule has 29 heavy (non-hydrogen) atoms. The molecule has 0 radical (unpaired) electrons. The van der Waals surface area contributed by atoms with E-state index in [1.807, 2.05) is 36.9 Å². The highest BCUT2D eigenvalue weighted by atomic mass is 19.1. The molecule has 0 bridgehead atoms. The van der Waals surface area contributed by atoms with Crippen molar-refractivity contribution in [2.45, 2.75) is 26.3 Å². The predicted octanol–water partition coefficient (Wildman–Crippen LogP) is 3.32. The highest BCUT2D eigenvalue weighted by molar-refractivity contribution is 5.97. The van der Waals surface area contributed by atoms with Crippen LogP contribution in [0, 0.1) is 11.7 Å². The first-order chi connectivity index (χ1) is 14.0. The van der Waals surface area contributed by atoms with Crippen LogP contribution in [0.25, 0.3) is 0 Å². The molecule has 1 saturated heterocycles. The van der Waals surface area contributed by atoms with Crippen molar-refractivity contribution in [2.75, 3.05) is 31.1 Å². The van der Waals surface area contributed by atoms with E-state index in [4.69, 9.17) is 0 Å². The Labute approximate surface area is 171 Å². The van der Waals surface area contributed by atoms with Gasteiger partial charge >= 0.3 is 0 Å². The van der Waals surface area contributed by atoms with Crippen LogP contribution >= 0.6 is 0 Å². The van der Waals surface area contributed by atoms with Crippen LogP contribution < -0.4 is 10.2 Å². The molecule has 0 spiro atoms. The standard InChI is InChI=1S/C23H28FN3O2/c1-3-17(2)21(25-22(28)18-7-5-4-6-8-18)23(29)27-15-13-26(14-16-27)20-11-9-19(24)10-12-20/h4-12,17,21H,3,13-16H2,1-2H3,(H,25,28)/t17-,21-/m0/s1. The van der Waals surface area contributed by atoms with Crippen LogP contribution in [0.1, 0.15) is 30.6 Å². The van der Waals surface area contributed by atoms with Gasteiger partial charge in [-0.15, -0.1) is 0 Å². The van der Waals surface area contributed by atoms with Crippen LogP contribution in [-0.2, 0) is 4.79 Å². The number of rotatable bonds is 6. The molecule has 2 aromatic rings. The Morgan fingerprint density at radius 2 is 1.62 bits per heavy atom. The fraction of sp³-hybridized carbons (Fsp3) is 0.391. The molecule has 5 nitrogen and oxygen atoms in total. The van der Waals surface area contributed by atoms with Crippen molar-refractivity contribution >= 4 is 17.5 Å². The minimum absolute atomic E-state index is 0.0327. The summed E-state index contributed by atoms with van der Waals surface area (Å²) in [6.07, 6.45) is 0.793. The maximum atomic E-state index is 13.2. The second kappa shape index (κ2) is 9.54. The van der Waals surface area contributed by atoms with Gasteiger partial charge in [0, 0.05) is 37.4 Å². The van der Waals surface area contributed by atoms with Crippen molar-refractivity contribution < 1.29 is 14.0 Å². The average Bonchev–Trinajstić information content (AvgIpc) is 2.77. The van der Waals surface area contributed by atoms with E-state index in [1.54, 1.807) is 24.3 Å². The number of carbonyl (C=O) groups is 2. The summed E-state index contributed by atoms with van der Waals surface area (Å²) >= 11 is 0. The Hall–Kier alpha value is -2.89. The number of nitrogens with one attached hydrogen (secondary N) is 1. The van der Waals surface area contributed by atoms with Crippen LogP contribution in [0.3, 0.4) is 0 Å². The number of anilines is 1. The third-order valence-electron chi connectivity index (χ3n) is 5.58. The molecule has 1 heterocycles. The van der Waals surface area contributed by atoms with Crippen molar-refractivity contribution in [3.8, 4) is 0 Å². The normalized spacial score (nSPS) is 16.2. The maximum Gasteiger partial charge on any atom is 0.251 e. The largest absolute Gasteiger partial charge is 0.368 e. The van der Waals surface area contributed by atoms with Crippen LogP contribution in [0.2, 0.25) is 0 Å². The first-order valence-corrected chi connectivity index (χ1v) is 10.1. The first-order valence-electron chi connectivity index (χ1n) is 10.1. The summed E-state index contributed by atoms with van der Waals surface area (Å²) < 4.78 is 13.1. The van der Waals surface area contributed by atoms with Gasteiger partial charge in [-0.3, -0.25) is 9.59 Å². The first kappa shape index (κ1) is 20.8. The summed E-state index contributed by atoms with van der Waals surface area (Å²) in [5.41, 5.74) is 1.50. The van der Waals surface area contributed by atoms with E-state index in [0.717, 1.165) is 12.1 Å². The summed E-state index contributed by atoms with van der Waals surface area (Å²) in [4.78, 5) is 29.8. The van der Waals surface area contributed by atoms with Gasteiger partial charge in [0.1, 0.15) is 11.9 Å². The Balaban J connectivity index is 1.64. The molecular weight excluding hydrogens is 369 g/mol. The SMILES string of the molecule is CC[C@H](C)[C@H](NC(=O)c1ccccc1)C(=O)N1CCN(c2ccc(F)cc2)CC1. The third-order valence-corrected chi connectivity index (χ3v) is 5.58. The molecule has 1 aliphatic rings. The highest BCUT2D eigenvalue weighted by Gasteiger charge is 2.32. The van der Waals surface area contributed by atoms with Gasteiger partial charge in [0.25, 0.3) is 5.91 Å². The third kappa shape index (κ3) is 5.13. The molecule has 2 aromatic carbocycles. The van der Waals surface area contributed by atoms with Crippen molar-refractivity contribution in [3.05, 3.63) is 66.0 Å². The monoisotopic (exact) mass is 397 g/mol. The van der Waals surface area contributed by atoms with E-state index >= 15 is 0 Å². The summed E-state index contributed by atoms with van der Waals surface area (Å²) in [7, 11) is 0. The van der Waals surface area contributed by atoms with Crippen LogP contribution in [0.5, 0.6) is 0 Å². The van der Waals surface area contributed by atoms with Crippen LogP contribution in [-0.4, -0.2) is 48.9 Å². The lowest BCUT2D eigenvalue weighted by molar-refractivity contribution is -0.134. The summed E-state index contributed by atoms with van der Waals surface area (Å²) in [6.45, 7) is 6.51. The Kier molecular flexibility index (Phi) is 6.86. The van der Waals surface area contributed by atoms with Crippen molar-refractivity contribution in [1.29, 1.82) is 0 Å². The van der Waals surface area contributed by atoms with Gasteiger partial charge in [0.15, 0.2) is 0 Å². The highest BCUT2D eigenvalue weighted by Crippen LogP contribution is 2.19. The minimum atomic E-state index is -0.551. The molecule has 2 amide bonds. The van der Waals surface area contributed by atoms with Gasteiger partial charge in [0.05, 0.1) is 0 Å². The molecule has 0 aromatic heterocycles. The second-order valence-electron chi connectivity index (χ2n) is 7.49. The van der Waals surface area contributed by atoms with E-state index in [-0.39, 0.29) is 23.5 Å². The van der Waals surface area contributed by atoms with Gasteiger partial charge in [-0.25, -0.2) is 4.39 Å². The van der Waals surface area contributed by atoms with Gasteiger partial charge in [-0.05, 0) is 42.3 Å². The zero-order valence-corrected chi connectivity index (χ0v) is 17.0. The molecular formula is C23H28FN3O2. The van der Waals surface area contributed by atoms with Gasteiger partial charge < -0.3 is 15.1 Å². The Morgan fingerprint density at radius 3 is 2.21 bits per heavy atom.